The summed E-state index contributed by atoms with van der Waals surface area (Å²) in [6.45, 7) is 5.17. The number of rotatable bonds is 6. The number of aliphatic hydroxyl groups is 1. The van der Waals surface area contributed by atoms with Gasteiger partial charge in [-0.2, -0.15) is 10.2 Å². The van der Waals surface area contributed by atoms with Crippen LogP contribution in [-0.4, -0.2) is 77.6 Å². The van der Waals surface area contributed by atoms with Gasteiger partial charge in [0.2, 0.25) is 0 Å². The van der Waals surface area contributed by atoms with Crippen molar-refractivity contribution in [3.8, 4) is 16.9 Å². The van der Waals surface area contributed by atoms with E-state index in [2.05, 4.69) is 51.3 Å². The molecule has 2 aromatic carbocycles. The van der Waals surface area contributed by atoms with E-state index < -0.39 is 6.10 Å². The number of likely N-dealkylation sites (N-methyl/N-ethyl adjacent to an activating group) is 1. The quantitative estimate of drug-likeness (QED) is 0.696. The minimum absolute atomic E-state index is 0.304. The van der Waals surface area contributed by atoms with E-state index in [1.54, 1.807) is 12.4 Å². The van der Waals surface area contributed by atoms with Crippen molar-refractivity contribution in [1.82, 2.24) is 20.0 Å². The number of benzene rings is 2. The molecule has 0 radical (unpaired) electrons. The van der Waals surface area contributed by atoms with Crippen LogP contribution in [-0.2, 0) is 0 Å². The van der Waals surface area contributed by atoms with Crippen molar-refractivity contribution in [2.75, 3.05) is 46.4 Å². The summed E-state index contributed by atoms with van der Waals surface area (Å²) in [4.78, 5) is 4.67. The highest BCUT2D eigenvalue weighted by molar-refractivity contribution is 5.88. The highest BCUT2D eigenvalue weighted by Crippen LogP contribution is 2.26. The summed E-state index contributed by atoms with van der Waals surface area (Å²) in [6, 6.07) is 14.3. The number of nitrogens with zero attached hydrogens (tertiary/aromatic N) is 4. The van der Waals surface area contributed by atoms with E-state index in [9.17, 15) is 5.11 Å². The molecule has 4 rings (SSSR count). The van der Waals surface area contributed by atoms with Gasteiger partial charge in [0.05, 0.1) is 12.4 Å². The second-order valence-corrected chi connectivity index (χ2v) is 7.78. The van der Waals surface area contributed by atoms with Crippen LogP contribution in [0.5, 0.6) is 5.75 Å². The number of aliphatic hydroxyl groups excluding tert-OH is 1. The normalized spacial score (nSPS) is 17.2. The molecule has 0 bridgehead atoms. The lowest BCUT2D eigenvalue weighted by molar-refractivity contribution is 0.0696. The summed E-state index contributed by atoms with van der Waals surface area (Å²) in [7, 11) is 2.15. The minimum Gasteiger partial charge on any atom is -0.491 e. The van der Waals surface area contributed by atoms with Crippen LogP contribution in [0.4, 0.5) is 0 Å². The van der Waals surface area contributed by atoms with E-state index in [0.717, 1.165) is 60.2 Å². The number of hydrogen-bond acceptors (Lipinski definition) is 6. The van der Waals surface area contributed by atoms with Crippen LogP contribution >= 0.6 is 0 Å². The van der Waals surface area contributed by atoms with Crippen molar-refractivity contribution in [3.63, 3.8) is 0 Å². The molecule has 3 aromatic rings. The molecule has 1 fully saturated rings. The fourth-order valence-corrected chi connectivity index (χ4v) is 3.78. The zero-order chi connectivity index (χ0) is 20.1. The van der Waals surface area contributed by atoms with Gasteiger partial charge in [0, 0.05) is 25.2 Å². The molecule has 1 atom stereocenters. The molecular formula is C23H28N4O2. The van der Waals surface area contributed by atoms with Gasteiger partial charge in [-0.3, -0.25) is 4.90 Å². The maximum atomic E-state index is 10.4. The van der Waals surface area contributed by atoms with E-state index in [-0.39, 0.29) is 0 Å². The number of ether oxygens (including phenoxy) is 1. The van der Waals surface area contributed by atoms with E-state index in [1.807, 2.05) is 18.2 Å². The Hall–Kier alpha value is -2.54. The van der Waals surface area contributed by atoms with Crippen molar-refractivity contribution in [1.29, 1.82) is 0 Å². The van der Waals surface area contributed by atoms with Gasteiger partial charge in [0.25, 0.3) is 0 Å². The van der Waals surface area contributed by atoms with Gasteiger partial charge in [0.1, 0.15) is 18.5 Å². The molecule has 0 spiro atoms. The average molecular weight is 393 g/mol. The number of fused-ring (bicyclic) bond motifs is 1. The van der Waals surface area contributed by atoms with Crippen molar-refractivity contribution < 1.29 is 9.84 Å². The Morgan fingerprint density at radius 2 is 1.83 bits per heavy atom. The second-order valence-electron chi connectivity index (χ2n) is 7.78. The number of β-amino-alcohol motifs (C(OH)–C–C–N with tert-alkyl or cyclic N) is 1. The summed E-state index contributed by atoms with van der Waals surface area (Å²) in [5.41, 5.74) is 2.16. The molecule has 6 nitrogen and oxygen atoms in total. The topological polar surface area (TPSA) is 61.7 Å². The average Bonchev–Trinajstić information content (AvgIpc) is 2.96. The molecule has 6 heteroatoms. The summed E-state index contributed by atoms with van der Waals surface area (Å²) in [5, 5.41) is 20.4. The Morgan fingerprint density at radius 3 is 2.69 bits per heavy atom. The van der Waals surface area contributed by atoms with Gasteiger partial charge >= 0.3 is 0 Å². The van der Waals surface area contributed by atoms with Crippen LogP contribution in [0.2, 0.25) is 0 Å². The van der Waals surface area contributed by atoms with Crippen LogP contribution in [0.3, 0.4) is 0 Å². The molecule has 0 amide bonds. The molecule has 29 heavy (non-hydrogen) atoms. The number of aromatic nitrogens is 2. The highest BCUT2D eigenvalue weighted by atomic mass is 16.5. The van der Waals surface area contributed by atoms with E-state index in [0.29, 0.717) is 13.2 Å². The third-order valence-corrected chi connectivity index (χ3v) is 5.45. The molecule has 0 aliphatic carbocycles. The maximum Gasteiger partial charge on any atom is 0.120 e. The molecule has 1 unspecified atom stereocenters. The minimum atomic E-state index is -0.490. The van der Waals surface area contributed by atoms with Gasteiger partial charge < -0.3 is 14.7 Å². The highest BCUT2D eigenvalue weighted by Gasteiger charge is 2.16. The van der Waals surface area contributed by atoms with E-state index in [1.165, 1.54) is 0 Å². The zero-order valence-electron chi connectivity index (χ0n) is 16.9. The molecule has 152 valence electrons. The van der Waals surface area contributed by atoms with Gasteiger partial charge in [-0.15, -0.1) is 0 Å². The molecule has 2 heterocycles. The molecule has 1 aliphatic heterocycles. The van der Waals surface area contributed by atoms with Gasteiger partial charge in [0.15, 0.2) is 0 Å². The first kappa shape index (κ1) is 19.8. The summed E-state index contributed by atoms with van der Waals surface area (Å²) < 4.78 is 5.88. The number of hydrogen-bond donors (Lipinski definition) is 1. The molecule has 0 saturated carbocycles. The second kappa shape index (κ2) is 9.31. The van der Waals surface area contributed by atoms with Crippen LogP contribution < -0.4 is 4.74 Å². The fraction of sp³-hybridized carbons (Fsp3) is 0.391. The predicted octanol–water partition coefficient (Wildman–Crippen LogP) is 2.67. The third kappa shape index (κ3) is 5.29. The van der Waals surface area contributed by atoms with Crippen molar-refractivity contribution in [3.05, 3.63) is 54.9 Å². The van der Waals surface area contributed by atoms with Crippen molar-refractivity contribution >= 4 is 10.8 Å². The first-order valence-electron chi connectivity index (χ1n) is 10.2. The first-order chi connectivity index (χ1) is 14.2. The monoisotopic (exact) mass is 392 g/mol. The van der Waals surface area contributed by atoms with Gasteiger partial charge in [-0.25, -0.2) is 0 Å². The van der Waals surface area contributed by atoms with Crippen LogP contribution in [0.15, 0.2) is 54.9 Å². The van der Waals surface area contributed by atoms with Crippen molar-refractivity contribution in [2.45, 2.75) is 12.5 Å². The Morgan fingerprint density at radius 1 is 0.966 bits per heavy atom. The lowest BCUT2D eigenvalue weighted by Crippen LogP contribution is -2.37. The fourth-order valence-electron chi connectivity index (χ4n) is 3.78. The van der Waals surface area contributed by atoms with Crippen LogP contribution in [0, 0.1) is 0 Å². The first-order valence-corrected chi connectivity index (χ1v) is 10.2. The maximum absolute atomic E-state index is 10.4. The van der Waals surface area contributed by atoms with Gasteiger partial charge in [-0.05, 0) is 67.2 Å². The van der Waals surface area contributed by atoms with Gasteiger partial charge in [-0.1, -0.05) is 18.2 Å². The lowest BCUT2D eigenvalue weighted by Gasteiger charge is -2.23. The summed E-state index contributed by atoms with van der Waals surface area (Å²) >= 11 is 0. The molecule has 1 saturated heterocycles. The Labute approximate surface area is 171 Å². The lowest BCUT2D eigenvalue weighted by atomic mass is 10.0. The summed E-state index contributed by atoms with van der Waals surface area (Å²) in [5.74, 6) is 0.783. The van der Waals surface area contributed by atoms with Crippen LogP contribution in [0.25, 0.3) is 21.9 Å². The Kier molecular flexibility index (Phi) is 6.34. The SMILES string of the molecule is CN1CCCN(CC(O)COc2ccc3cc(-c4ccnnc4)ccc3c2)CC1. The summed E-state index contributed by atoms with van der Waals surface area (Å²) in [6.07, 6.45) is 4.12. The van der Waals surface area contributed by atoms with E-state index in [4.69, 9.17) is 4.74 Å². The smallest absolute Gasteiger partial charge is 0.120 e. The molecule has 1 aliphatic rings. The van der Waals surface area contributed by atoms with Crippen molar-refractivity contribution in [2.24, 2.45) is 0 Å². The largest absolute Gasteiger partial charge is 0.491 e. The van der Waals surface area contributed by atoms with Crippen LogP contribution in [0.1, 0.15) is 6.42 Å². The third-order valence-electron chi connectivity index (χ3n) is 5.45. The molecule has 1 N–H and O–H groups in total. The Bertz CT molecular complexity index is 935. The van der Waals surface area contributed by atoms with E-state index >= 15 is 0 Å². The Balaban J connectivity index is 1.36. The molecular weight excluding hydrogens is 364 g/mol. The predicted molar refractivity (Wildman–Crippen MR) is 115 cm³/mol. The standard InChI is InChI=1S/C23H28N4O2/c1-26-9-2-10-27(12-11-26)16-22(28)17-29-23-6-5-18-13-19(3-4-20(18)14-23)21-7-8-24-25-15-21/h3-8,13-15,22,28H,2,9-12,16-17H2,1H3. The zero-order valence-corrected chi connectivity index (χ0v) is 16.9. The molecule has 1 aromatic heterocycles.